The standard InChI is InChI=1S/C5H8N4.ClH/c6-3-1-2-4(7)9-5(3)8;/h1-2H,6H2,(H4,7,8,9);1H. The van der Waals surface area contributed by atoms with E-state index in [-0.39, 0.29) is 18.2 Å². The molecule has 0 spiro atoms. The van der Waals surface area contributed by atoms with Gasteiger partial charge in [-0.3, -0.25) is 0 Å². The van der Waals surface area contributed by atoms with Crippen LogP contribution in [0.2, 0.25) is 0 Å². The Morgan fingerprint density at radius 1 is 1.10 bits per heavy atom. The fourth-order valence-electron chi connectivity index (χ4n) is 0.501. The van der Waals surface area contributed by atoms with Gasteiger partial charge in [-0.25, -0.2) is 4.98 Å². The third kappa shape index (κ3) is 1.66. The van der Waals surface area contributed by atoms with Gasteiger partial charge in [0.25, 0.3) is 0 Å². The maximum Gasteiger partial charge on any atom is 0.149 e. The summed E-state index contributed by atoms with van der Waals surface area (Å²) in [6.07, 6.45) is 0. The molecule has 0 unspecified atom stereocenters. The largest absolute Gasteiger partial charge is 0.396 e. The summed E-state index contributed by atoms with van der Waals surface area (Å²) in [5, 5.41) is 0. The van der Waals surface area contributed by atoms with E-state index in [1.807, 2.05) is 0 Å². The van der Waals surface area contributed by atoms with Crippen molar-refractivity contribution in [3.05, 3.63) is 12.1 Å². The second kappa shape index (κ2) is 3.12. The van der Waals surface area contributed by atoms with E-state index in [1.54, 1.807) is 12.1 Å². The van der Waals surface area contributed by atoms with Gasteiger partial charge in [-0.2, -0.15) is 0 Å². The molecule has 6 N–H and O–H groups in total. The first kappa shape index (κ1) is 8.84. The lowest BCUT2D eigenvalue weighted by atomic mass is 10.4. The Morgan fingerprint density at radius 3 is 2.10 bits per heavy atom. The van der Waals surface area contributed by atoms with Crippen molar-refractivity contribution >= 4 is 29.7 Å². The Hall–Kier alpha value is -1.16. The Morgan fingerprint density at radius 2 is 1.70 bits per heavy atom. The first-order valence-corrected chi connectivity index (χ1v) is 2.47. The SMILES string of the molecule is Cl.Nc1ccc(N)c(N)n1. The van der Waals surface area contributed by atoms with Gasteiger partial charge in [0, 0.05) is 0 Å². The Labute approximate surface area is 64.8 Å². The molecular formula is C5H9ClN4. The number of pyridine rings is 1. The summed E-state index contributed by atoms with van der Waals surface area (Å²) in [6.45, 7) is 0. The zero-order valence-electron chi connectivity index (χ0n) is 5.24. The highest BCUT2D eigenvalue weighted by Gasteiger charge is 1.92. The molecule has 0 aromatic carbocycles. The topological polar surface area (TPSA) is 91.0 Å². The van der Waals surface area contributed by atoms with Crippen molar-refractivity contribution in [1.29, 1.82) is 0 Å². The van der Waals surface area contributed by atoms with Gasteiger partial charge in [0.05, 0.1) is 5.69 Å². The molecule has 0 amide bonds. The van der Waals surface area contributed by atoms with Crippen LogP contribution in [0.25, 0.3) is 0 Å². The van der Waals surface area contributed by atoms with E-state index >= 15 is 0 Å². The average Bonchev–Trinajstić information content (AvgIpc) is 1.80. The Kier molecular flexibility index (Phi) is 2.76. The monoisotopic (exact) mass is 160 g/mol. The van der Waals surface area contributed by atoms with E-state index in [2.05, 4.69) is 4.98 Å². The highest BCUT2D eigenvalue weighted by molar-refractivity contribution is 5.85. The molecule has 1 rings (SSSR count). The lowest BCUT2D eigenvalue weighted by molar-refractivity contribution is 1.35. The highest BCUT2D eigenvalue weighted by atomic mass is 35.5. The van der Waals surface area contributed by atoms with Crippen LogP contribution in [-0.2, 0) is 0 Å². The minimum absolute atomic E-state index is 0. The summed E-state index contributed by atoms with van der Waals surface area (Å²) in [5.41, 5.74) is 16.4. The number of hydrogen-bond acceptors (Lipinski definition) is 4. The summed E-state index contributed by atoms with van der Waals surface area (Å²) in [7, 11) is 0. The van der Waals surface area contributed by atoms with Gasteiger partial charge in [-0.05, 0) is 12.1 Å². The van der Waals surface area contributed by atoms with Gasteiger partial charge >= 0.3 is 0 Å². The van der Waals surface area contributed by atoms with E-state index in [9.17, 15) is 0 Å². The van der Waals surface area contributed by atoms with Crippen LogP contribution >= 0.6 is 12.4 Å². The Bertz CT molecular complexity index is 225. The predicted octanol–water partition coefficient (Wildman–Crippen LogP) is 0.250. The van der Waals surface area contributed by atoms with Gasteiger partial charge in [0.2, 0.25) is 0 Å². The number of halogens is 1. The summed E-state index contributed by atoms with van der Waals surface area (Å²) >= 11 is 0. The fraction of sp³-hybridized carbons (Fsp3) is 0. The van der Waals surface area contributed by atoms with Crippen molar-refractivity contribution in [3.8, 4) is 0 Å². The minimum atomic E-state index is 0. The number of hydrogen-bond donors (Lipinski definition) is 3. The lowest BCUT2D eigenvalue weighted by Crippen LogP contribution is -1.99. The van der Waals surface area contributed by atoms with E-state index in [1.165, 1.54) is 0 Å². The number of aromatic nitrogens is 1. The van der Waals surface area contributed by atoms with Gasteiger partial charge in [0.15, 0.2) is 0 Å². The summed E-state index contributed by atoms with van der Waals surface area (Å²) in [5.74, 6) is 0.678. The second-order valence-corrected chi connectivity index (χ2v) is 1.71. The summed E-state index contributed by atoms with van der Waals surface area (Å²) in [4.78, 5) is 3.70. The predicted molar refractivity (Wildman–Crippen MR) is 44.7 cm³/mol. The first-order chi connectivity index (χ1) is 4.20. The van der Waals surface area contributed by atoms with Crippen molar-refractivity contribution in [1.82, 2.24) is 4.98 Å². The normalized spacial score (nSPS) is 8.40. The first-order valence-electron chi connectivity index (χ1n) is 2.47. The van der Waals surface area contributed by atoms with Crippen molar-refractivity contribution in [2.45, 2.75) is 0 Å². The third-order valence-electron chi connectivity index (χ3n) is 0.979. The molecule has 1 aromatic rings. The van der Waals surface area contributed by atoms with Crippen molar-refractivity contribution in [2.24, 2.45) is 0 Å². The molecule has 1 aromatic heterocycles. The summed E-state index contributed by atoms with van der Waals surface area (Å²) < 4.78 is 0. The lowest BCUT2D eigenvalue weighted by Gasteiger charge is -1.97. The van der Waals surface area contributed by atoms with E-state index < -0.39 is 0 Å². The quantitative estimate of drug-likeness (QED) is 0.508. The molecule has 0 bridgehead atoms. The molecule has 0 aliphatic carbocycles. The summed E-state index contributed by atoms with van der Waals surface area (Å²) in [6, 6.07) is 3.23. The van der Waals surface area contributed by atoms with E-state index in [0.29, 0.717) is 11.5 Å². The highest BCUT2D eigenvalue weighted by Crippen LogP contribution is 2.11. The zero-order chi connectivity index (χ0) is 6.85. The number of nitrogens with two attached hydrogens (primary N) is 3. The van der Waals surface area contributed by atoms with Gasteiger partial charge < -0.3 is 17.2 Å². The molecule has 4 nitrogen and oxygen atoms in total. The number of anilines is 3. The van der Waals surface area contributed by atoms with E-state index in [0.717, 1.165) is 0 Å². The molecule has 0 aliphatic rings. The van der Waals surface area contributed by atoms with Gasteiger partial charge in [-0.15, -0.1) is 12.4 Å². The van der Waals surface area contributed by atoms with Crippen molar-refractivity contribution in [2.75, 3.05) is 17.2 Å². The molecule has 10 heavy (non-hydrogen) atoms. The van der Waals surface area contributed by atoms with Gasteiger partial charge in [0.1, 0.15) is 11.6 Å². The molecule has 5 heteroatoms. The maximum atomic E-state index is 5.35. The molecule has 56 valence electrons. The zero-order valence-corrected chi connectivity index (χ0v) is 6.06. The molecule has 0 aliphatic heterocycles. The molecule has 0 fully saturated rings. The molecule has 0 saturated carbocycles. The van der Waals surface area contributed by atoms with Crippen LogP contribution in [0.3, 0.4) is 0 Å². The Balaban J connectivity index is 0.000000810. The van der Waals surface area contributed by atoms with Crippen LogP contribution in [0.1, 0.15) is 0 Å². The molecule has 0 atom stereocenters. The van der Waals surface area contributed by atoms with Crippen LogP contribution < -0.4 is 17.2 Å². The van der Waals surface area contributed by atoms with Gasteiger partial charge in [-0.1, -0.05) is 0 Å². The second-order valence-electron chi connectivity index (χ2n) is 1.71. The minimum Gasteiger partial charge on any atom is -0.396 e. The maximum absolute atomic E-state index is 5.35. The fourth-order valence-corrected chi connectivity index (χ4v) is 0.501. The van der Waals surface area contributed by atoms with Crippen LogP contribution in [0.4, 0.5) is 17.3 Å². The van der Waals surface area contributed by atoms with Crippen molar-refractivity contribution in [3.63, 3.8) is 0 Å². The third-order valence-corrected chi connectivity index (χ3v) is 0.979. The average molecular weight is 161 g/mol. The van der Waals surface area contributed by atoms with Crippen LogP contribution in [-0.4, -0.2) is 4.98 Å². The molecular weight excluding hydrogens is 152 g/mol. The number of rotatable bonds is 0. The molecule has 0 radical (unpaired) electrons. The van der Waals surface area contributed by atoms with Crippen molar-refractivity contribution < 1.29 is 0 Å². The molecule has 1 heterocycles. The number of nitrogen functional groups attached to an aromatic ring is 3. The van der Waals surface area contributed by atoms with Crippen LogP contribution in [0.5, 0.6) is 0 Å². The number of nitrogens with zero attached hydrogens (tertiary/aromatic N) is 1. The van der Waals surface area contributed by atoms with Crippen LogP contribution in [0.15, 0.2) is 12.1 Å². The van der Waals surface area contributed by atoms with Crippen LogP contribution in [0, 0.1) is 0 Å². The molecule has 0 saturated heterocycles. The smallest absolute Gasteiger partial charge is 0.149 e. The van der Waals surface area contributed by atoms with E-state index in [4.69, 9.17) is 17.2 Å².